The van der Waals surface area contributed by atoms with E-state index in [0.717, 1.165) is 54.8 Å². The number of Topliss-reactive ketones (excluding diaryl/α,β-unsaturated/α-hetero) is 1. The number of fused-ring (bicyclic) bond motifs is 10. The summed E-state index contributed by atoms with van der Waals surface area (Å²) in [6, 6.07) is 15.0. The van der Waals surface area contributed by atoms with Gasteiger partial charge in [-0.2, -0.15) is 0 Å². The fourth-order valence-corrected chi connectivity index (χ4v) is 19.8. The lowest BCUT2D eigenvalue weighted by Crippen LogP contribution is -2.82. The first kappa shape index (κ1) is 74.2. The Labute approximate surface area is 575 Å². The van der Waals surface area contributed by atoms with E-state index in [-0.39, 0.29) is 48.9 Å². The maximum absolute atomic E-state index is 16.0. The molecule has 0 radical (unpaired) electrons. The number of esters is 4. The van der Waals surface area contributed by atoms with Gasteiger partial charge in [0.15, 0.2) is 11.4 Å². The van der Waals surface area contributed by atoms with Crippen LogP contribution < -0.4 is 5.32 Å². The number of hydrogen-bond donors (Lipinski definition) is 2. The van der Waals surface area contributed by atoms with Crippen LogP contribution >= 0.6 is 0 Å². The zero-order chi connectivity index (χ0) is 70.2. The van der Waals surface area contributed by atoms with E-state index < -0.39 is 125 Å². The molecule has 10 rings (SSSR count). The van der Waals surface area contributed by atoms with Gasteiger partial charge in [0.2, 0.25) is 6.10 Å². The van der Waals surface area contributed by atoms with Crippen molar-refractivity contribution in [3.05, 3.63) is 94.6 Å². The van der Waals surface area contributed by atoms with Crippen molar-refractivity contribution in [1.82, 2.24) is 5.32 Å². The number of alkyl carbamates (subject to hydrolysis) is 1. The largest absolute Gasteiger partial charge is 0.455 e. The van der Waals surface area contributed by atoms with Crippen molar-refractivity contribution >= 4 is 35.8 Å². The molecule has 6 fully saturated rings. The summed E-state index contributed by atoms with van der Waals surface area (Å²) >= 11 is 0. The van der Waals surface area contributed by atoms with Crippen molar-refractivity contribution in [2.75, 3.05) is 53.9 Å². The quantitative estimate of drug-likeness (QED) is 0.0407. The molecule has 2 N–H and O–H groups in total. The van der Waals surface area contributed by atoms with E-state index in [1.165, 1.54) is 72.5 Å². The third-order valence-electron chi connectivity index (χ3n) is 24.7. The molecule has 2 bridgehead atoms. The molecule has 19 nitrogen and oxygen atoms in total. The van der Waals surface area contributed by atoms with E-state index in [2.05, 4.69) is 46.0 Å². The third kappa shape index (κ3) is 14.4. The standard InChI is InChI=1S/C78H111NO18/c1-46(2)23-22-24-47(3)55-31-32-56-54-30-29-52-41-53(33-35-74(52,11)57(54)34-36-75(55,56)12)91-40-39-89-37-38-90-44-61(81)94-65(63(50-25-18-16-19-26-50)79-71(85)97-72(6,7)8)70(84)93-58-43-78(86)68(95-69(83)51-27-20-17-21-28-51)66-76(13,67(82)64(88-15)62(48(58)4)73(78,9)10)59(87-14)42-60-77(66,45-92-60)96-49(5)80/h16-21,25-29,46-47,53-60,63-66,68,86H,22-24,30-45H2,1-15H3,(H,79,85)/t47-,53+,54?,55-,56?,57?,58+,59+,60-,63+,64-,65-,66+,68+,74+,75-,76-,77+,78-/m1/s1. The van der Waals surface area contributed by atoms with E-state index in [1.54, 1.807) is 115 Å². The molecule has 97 heavy (non-hydrogen) atoms. The second-order valence-corrected chi connectivity index (χ2v) is 32.2. The van der Waals surface area contributed by atoms with Gasteiger partial charge in [0.1, 0.15) is 48.3 Å². The maximum Gasteiger partial charge on any atom is 0.408 e. The average molecular weight is 1350 g/mol. The molecule has 2 aromatic carbocycles. The molecule has 0 spiro atoms. The summed E-state index contributed by atoms with van der Waals surface area (Å²) in [6.07, 6.45) is 6.72. The summed E-state index contributed by atoms with van der Waals surface area (Å²) in [4.78, 5) is 87.6. The molecule has 1 amide bonds. The minimum Gasteiger partial charge on any atom is -0.455 e. The van der Waals surface area contributed by atoms with E-state index >= 15 is 9.59 Å². The Morgan fingerprint density at radius 2 is 1.51 bits per heavy atom. The second-order valence-electron chi connectivity index (χ2n) is 32.2. The number of carbonyl (C=O) groups is 6. The predicted octanol–water partition coefficient (Wildman–Crippen LogP) is 12.6. The number of aliphatic hydroxyl groups is 1. The van der Waals surface area contributed by atoms with Crippen LogP contribution in [-0.4, -0.2) is 154 Å². The number of nitrogens with one attached hydrogen (secondary N) is 1. The van der Waals surface area contributed by atoms with Crippen LogP contribution in [-0.2, 0) is 71.3 Å². The molecule has 536 valence electrons. The molecule has 1 aliphatic heterocycles. The molecule has 1 heterocycles. The second kappa shape index (κ2) is 29.6. The SMILES string of the molecule is CO[C@H]1C(=O)[C@]2(C)[C@@H](OC)C[C@H]3OC[C@@]3(OC(C)=O)[C@H]2[C@H](OC(=O)c2ccccc2)[C@]2(O)C[C@H](OC(=O)[C@H](OC(=O)COCCOCCO[C@H]3CC[C@@]4(C)C(=CCC5C4CC[C@@]4(C)C5CC[C@@H]4[C@H](C)CCCC(C)C)C3)[C@@H](NC(=O)OC(C)(C)C)c3ccccc3)C(C)=C1C2(C)C. The summed E-state index contributed by atoms with van der Waals surface area (Å²) < 4.78 is 68.0. The van der Waals surface area contributed by atoms with Gasteiger partial charge in [-0.15, -0.1) is 0 Å². The molecule has 5 saturated carbocycles. The van der Waals surface area contributed by atoms with Gasteiger partial charge in [-0.25, -0.2) is 19.2 Å². The number of methoxy groups -OCH3 is 2. The van der Waals surface area contributed by atoms with E-state index in [4.69, 9.17) is 52.1 Å². The Morgan fingerprint density at radius 1 is 0.814 bits per heavy atom. The van der Waals surface area contributed by atoms with Crippen LogP contribution in [0.3, 0.4) is 0 Å². The number of amides is 1. The summed E-state index contributed by atoms with van der Waals surface area (Å²) in [5, 5.41) is 16.9. The van der Waals surface area contributed by atoms with E-state index in [1.807, 2.05) is 0 Å². The van der Waals surface area contributed by atoms with Crippen LogP contribution in [0.25, 0.3) is 0 Å². The summed E-state index contributed by atoms with van der Waals surface area (Å²) in [7, 11) is 2.79. The number of allylic oxidation sites excluding steroid dienone is 1. The number of ketones is 1. The van der Waals surface area contributed by atoms with E-state index in [9.17, 15) is 24.3 Å². The lowest BCUT2D eigenvalue weighted by Gasteiger charge is -2.67. The van der Waals surface area contributed by atoms with Gasteiger partial charge in [0.25, 0.3) is 0 Å². The minimum atomic E-state index is -2.32. The highest BCUT2D eigenvalue weighted by Crippen LogP contribution is 2.69. The van der Waals surface area contributed by atoms with E-state index in [0.29, 0.717) is 29.8 Å². The molecule has 2 aromatic rings. The Morgan fingerprint density at radius 3 is 2.15 bits per heavy atom. The smallest absolute Gasteiger partial charge is 0.408 e. The van der Waals surface area contributed by atoms with Gasteiger partial charge in [0.05, 0.1) is 62.1 Å². The lowest BCUT2D eigenvalue weighted by molar-refractivity contribution is -0.347. The van der Waals surface area contributed by atoms with Gasteiger partial charge >= 0.3 is 30.0 Å². The Bertz CT molecular complexity index is 3210. The zero-order valence-corrected chi connectivity index (χ0v) is 60.3. The number of hydrogen-bond acceptors (Lipinski definition) is 18. The minimum absolute atomic E-state index is 0.00701. The molecule has 8 aliphatic rings. The van der Waals surface area contributed by atoms with Crippen molar-refractivity contribution in [1.29, 1.82) is 0 Å². The van der Waals surface area contributed by atoms with Crippen LogP contribution in [0.5, 0.6) is 0 Å². The predicted molar refractivity (Wildman–Crippen MR) is 361 cm³/mol. The number of benzene rings is 2. The Kier molecular flexibility index (Phi) is 22.6. The highest BCUT2D eigenvalue weighted by atomic mass is 16.6. The van der Waals surface area contributed by atoms with Crippen molar-refractivity contribution in [3.63, 3.8) is 0 Å². The lowest BCUT2D eigenvalue weighted by atomic mass is 9.44. The number of carbonyl (C=O) groups excluding carboxylic acids is 6. The zero-order valence-electron chi connectivity index (χ0n) is 60.3. The molecule has 19 atom stereocenters. The van der Waals surface area contributed by atoms with Crippen molar-refractivity contribution < 1.29 is 86.0 Å². The van der Waals surface area contributed by atoms with Crippen LogP contribution in [0.2, 0.25) is 0 Å². The summed E-state index contributed by atoms with van der Waals surface area (Å²) in [5.74, 6) is -0.938. The Balaban J connectivity index is 0.835. The van der Waals surface area contributed by atoms with Crippen LogP contribution in [0.4, 0.5) is 4.79 Å². The van der Waals surface area contributed by atoms with Gasteiger partial charge in [-0.1, -0.05) is 128 Å². The topological polar surface area (TPSA) is 236 Å². The maximum atomic E-state index is 16.0. The van der Waals surface area contributed by atoms with Gasteiger partial charge in [-0.05, 0) is 161 Å². The van der Waals surface area contributed by atoms with Crippen molar-refractivity contribution in [2.45, 2.75) is 239 Å². The molecule has 0 aromatic heterocycles. The molecule has 3 unspecified atom stereocenters. The van der Waals surface area contributed by atoms with Crippen molar-refractivity contribution in [2.24, 2.45) is 63.1 Å². The molecule has 7 aliphatic carbocycles. The summed E-state index contributed by atoms with van der Waals surface area (Å²) in [6.45, 7) is 25.4. The highest BCUT2D eigenvalue weighted by Gasteiger charge is 2.78. The molecule has 1 saturated heterocycles. The molecular weight excluding hydrogens is 1240 g/mol. The summed E-state index contributed by atoms with van der Waals surface area (Å²) in [5.41, 5.74) is -5.02. The number of rotatable bonds is 25. The highest BCUT2D eigenvalue weighted by molar-refractivity contribution is 5.94. The van der Waals surface area contributed by atoms with Crippen LogP contribution in [0.15, 0.2) is 83.5 Å². The third-order valence-corrected chi connectivity index (χ3v) is 24.7. The van der Waals surface area contributed by atoms with Crippen molar-refractivity contribution in [3.8, 4) is 0 Å². The fourth-order valence-electron chi connectivity index (χ4n) is 19.8. The average Bonchev–Trinajstić information content (AvgIpc) is 1.03. The first-order chi connectivity index (χ1) is 45.9. The van der Waals surface area contributed by atoms with Crippen LogP contribution in [0.1, 0.15) is 195 Å². The van der Waals surface area contributed by atoms with Gasteiger partial charge in [-0.3, -0.25) is 9.59 Å². The first-order valence-electron chi connectivity index (χ1n) is 35.9. The first-order valence-corrected chi connectivity index (χ1v) is 35.9. The Hall–Kier alpha value is -5.54. The van der Waals surface area contributed by atoms with Gasteiger partial charge in [0, 0.05) is 39.4 Å². The fraction of sp³-hybridized carbons (Fsp3) is 0.718. The monoisotopic (exact) mass is 1350 g/mol. The van der Waals surface area contributed by atoms with Gasteiger partial charge < -0.3 is 62.5 Å². The molecule has 19 heteroatoms. The number of ether oxygens (including phenoxy) is 11. The van der Waals surface area contributed by atoms with Crippen LogP contribution in [0, 0.1) is 63.1 Å². The normalized spacial score (nSPS) is 35.0. The molecular formula is C78H111NO18.